The van der Waals surface area contributed by atoms with Crippen LogP contribution in [0.1, 0.15) is 32.1 Å². The average Bonchev–Trinajstić information content (AvgIpc) is 2.12. The van der Waals surface area contributed by atoms with E-state index in [0.29, 0.717) is 37.5 Å². The molecule has 0 heterocycles. The first-order chi connectivity index (χ1) is 7.79. The predicted octanol–water partition coefficient (Wildman–Crippen LogP) is 2.31. The second-order valence-electron chi connectivity index (χ2n) is 6.05. The molecule has 0 aromatic carbocycles. The molecule has 1 N–H and O–H groups in total. The largest absolute Gasteiger partial charge is 0.450 e. The monoisotopic (exact) mass is 248 g/mol. The number of rotatable bonds is 1. The third kappa shape index (κ3) is 1.62. The zero-order chi connectivity index (χ0) is 12.4. The third-order valence-electron chi connectivity index (χ3n) is 4.84. The summed E-state index contributed by atoms with van der Waals surface area (Å²) in [5.41, 5.74) is -1.37. The Labute approximate surface area is 97.2 Å². The van der Waals surface area contributed by atoms with E-state index >= 15 is 0 Å². The van der Waals surface area contributed by atoms with E-state index < -0.39 is 23.5 Å². The summed E-state index contributed by atoms with van der Waals surface area (Å²) in [7, 11) is 0. The molecular weight excluding hydrogens is 233 g/mol. The molecule has 4 rings (SSSR count). The van der Waals surface area contributed by atoms with Crippen LogP contribution in [0.15, 0.2) is 0 Å². The summed E-state index contributed by atoms with van der Waals surface area (Å²) in [6.07, 6.45) is -1.66. The molecule has 0 spiro atoms. The number of hydrogen-bond donors (Lipinski definition) is 1. The van der Waals surface area contributed by atoms with Crippen molar-refractivity contribution >= 4 is 5.78 Å². The van der Waals surface area contributed by atoms with Crippen molar-refractivity contribution in [1.82, 2.24) is 0 Å². The summed E-state index contributed by atoms with van der Waals surface area (Å²) in [5.74, 6) is -2.50. The molecule has 4 saturated carbocycles. The maximum absolute atomic E-state index is 12.6. The maximum Gasteiger partial charge on any atom is 0.450 e. The predicted molar refractivity (Wildman–Crippen MR) is 53.1 cm³/mol. The molecule has 3 unspecified atom stereocenters. The van der Waals surface area contributed by atoms with Gasteiger partial charge in [-0.15, -0.1) is 0 Å². The smallest absolute Gasteiger partial charge is 0.389 e. The van der Waals surface area contributed by atoms with E-state index in [-0.39, 0.29) is 5.92 Å². The van der Waals surface area contributed by atoms with E-state index in [1.807, 2.05) is 0 Å². The lowest BCUT2D eigenvalue weighted by atomic mass is 9.49. The van der Waals surface area contributed by atoms with Gasteiger partial charge in [-0.3, -0.25) is 4.79 Å². The number of alkyl halides is 3. The molecule has 4 fully saturated rings. The van der Waals surface area contributed by atoms with Crippen LogP contribution in [0, 0.1) is 23.7 Å². The standard InChI is InChI=1S/C12H15F3O2/c13-12(14,15)10(16)9-8-2-6-1-7(3-8)5-11(9,17)4-6/h6-9,17H,1-5H2. The zero-order valence-electron chi connectivity index (χ0n) is 9.33. The van der Waals surface area contributed by atoms with Gasteiger partial charge in [-0.2, -0.15) is 13.2 Å². The van der Waals surface area contributed by atoms with Crippen molar-refractivity contribution < 1.29 is 23.1 Å². The van der Waals surface area contributed by atoms with Crippen molar-refractivity contribution in [2.45, 2.75) is 43.9 Å². The van der Waals surface area contributed by atoms with E-state index in [2.05, 4.69) is 0 Å². The molecule has 3 atom stereocenters. The Kier molecular flexibility index (Phi) is 2.20. The van der Waals surface area contributed by atoms with Crippen LogP contribution in [0.3, 0.4) is 0 Å². The zero-order valence-corrected chi connectivity index (χ0v) is 9.33. The highest BCUT2D eigenvalue weighted by atomic mass is 19.4. The lowest BCUT2D eigenvalue weighted by molar-refractivity contribution is -0.212. The van der Waals surface area contributed by atoms with Gasteiger partial charge in [0.25, 0.3) is 0 Å². The molecule has 0 aromatic heterocycles. The fourth-order valence-corrected chi connectivity index (χ4v) is 4.63. The van der Waals surface area contributed by atoms with Gasteiger partial charge in [0.2, 0.25) is 5.78 Å². The fourth-order valence-electron chi connectivity index (χ4n) is 4.63. The van der Waals surface area contributed by atoms with E-state index in [1.54, 1.807) is 0 Å². The average molecular weight is 248 g/mol. The summed E-state index contributed by atoms with van der Waals surface area (Å²) >= 11 is 0. The molecule has 4 aliphatic rings. The minimum atomic E-state index is -4.81. The fraction of sp³-hybridized carbons (Fsp3) is 0.917. The van der Waals surface area contributed by atoms with E-state index in [0.717, 1.165) is 6.42 Å². The molecule has 0 aliphatic heterocycles. The molecule has 5 heteroatoms. The van der Waals surface area contributed by atoms with Crippen molar-refractivity contribution in [3.63, 3.8) is 0 Å². The van der Waals surface area contributed by atoms with Gasteiger partial charge in [0.05, 0.1) is 11.5 Å². The molecule has 0 amide bonds. The Hall–Kier alpha value is -0.580. The maximum atomic E-state index is 12.6. The van der Waals surface area contributed by atoms with Gasteiger partial charge in [0, 0.05) is 0 Å². The number of ketones is 1. The van der Waals surface area contributed by atoms with Gasteiger partial charge in [0.1, 0.15) is 0 Å². The first-order valence-electron chi connectivity index (χ1n) is 6.13. The number of aliphatic hydroxyl groups is 1. The second-order valence-corrected chi connectivity index (χ2v) is 6.05. The second kappa shape index (κ2) is 3.25. The highest BCUT2D eigenvalue weighted by molar-refractivity contribution is 5.88. The minimum Gasteiger partial charge on any atom is -0.389 e. The summed E-state index contributed by atoms with van der Waals surface area (Å²) < 4.78 is 37.7. The van der Waals surface area contributed by atoms with E-state index in [4.69, 9.17) is 0 Å². The van der Waals surface area contributed by atoms with Crippen molar-refractivity contribution in [3.05, 3.63) is 0 Å². The number of Topliss-reactive ketones (excluding diaryl/α,β-unsaturated/α-hetero) is 1. The van der Waals surface area contributed by atoms with Crippen LogP contribution in [0.4, 0.5) is 13.2 Å². The molecule has 17 heavy (non-hydrogen) atoms. The SMILES string of the molecule is O=C(C1C2CC3CC(C2)CC1(O)C3)C(F)(F)F. The summed E-state index contributed by atoms with van der Waals surface area (Å²) in [5, 5.41) is 10.4. The van der Waals surface area contributed by atoms with Crippen LogP contribution in [0.2, 0.25) is 0 Å². The first-order valence-corrected chi connectivity index (χ1v) is 6.13. The number of carbonyl (C=O) groups is 1. The molecule has 96 valence electrons. The Balaban J connectivity index is 1.93. The van der Waals surface area contributed by atoms with Crippen molar-refractivity contribution in [2.75, 3.05) is 0 Å². The Bertz CT molecular complexity index is 349. The summed E-state index contributed by atoms with van der Waals surface area (Å²) in [6, 6.07) is 0. The molecule has 0 saturated heterocycles. The van der Waals surface area contributed by atoms with Crippen LogP contribution >= 0.6 is 0 Å². The Morgan fingerprint density at radius 2 is 1.65 bits per heavy atom. The topological polar surface area (TPSA) is 37.3 Å². The van der Waals surface area contributed by atoms with Crippen molar-refractivity contribution in [1.29, 1.82) is 0 Å². The van der Waals surface area contributed by atoms with Crippen LogP contribution in [0.25, 0.3) is 0 Å². The van der Waals surface area contributed by atoms with E-state index in [9.17, 15) is 23.1 Å². The van der Waals surface area contributed by atoms with Gasteiger partial charge in [-0.05, 0) is 49.9 Å². The highest BCUT2D eigenvalue weighted by Crippen LogP contribution is 2.59. The summed E-state index contributed by atoms with van der Waals surface area (Å²) in [6.45, 7) is 0. The van der Waals surface area contributed by atoms with Gasteiger partial charge >= 0.3 is 6.18 Å². The summed E-state index contributed by atoms with van der Waals surface area (Å²) in [4.78, 5) is 11.5. The van der Waals surface area contributed by atoms with Crippen molar-refractivity contribution in [2.24, 2.45) is 23.7 Å². The van der Waals surface area contributed by atoms with Crippen LogP contribution < -0.4 is 0 Å². The Morgan fingerprint density at radius 1 is 1.12 bits per heavy atom. The number of halogens is 3. The highest BCUT2D eigenvalue weighted by Gasteiger charge is 2.62. The van der Waals surface area contributed by atoms with Crippen molar-refractivity contribution in [3.8, 4) is 0 Å². The molecule has 4 bridgehead atoms. The van der Waals surface area contributed by atoms with Crippen LogP contribution in [-0.2, 0) is 4.79 Å². The lowest BCUT2D eigenvalue weighted by Crippen LogP contribution is -2.61. The molecule has 0 aromatic rings. The van der Waals surface area contributed by atoms with Gasteiger partial charge in [-0.1, -0.05) is 0 Å². The third-order valence-corrected chi connectivity index (χ3v) is 4.84. The number of carbonyl (C=O) groups excluding carboxylic acids is 1. The first kappa shape index (κ1) is 11.5. The molecular formula is C12H15F3O2. The van der Waals surface area contributed by atoms with Crippen LogP contribution in [0.5, 0.6) is 0 Å². The molecule has 2 nitrogen and oxygen atoms in total. The molecule has 0 radical (unpaired) electrons. The van der Waals surface area contributed by atoms with Gasteiger partial charge in [0.15, 0.2) is 0 Å². The quantitative estimate of drug-likeness (QED) is 0.773. The van der Waals surface area contributed by atoms with E-state index in [1.165, 1.54) is 0 Å². The van der Waals surface area contributed by atoms with Gasteiger partial charge in [-0.25, -0.2) is 0 Å². The normalized spacial score (nSPS) is 48.5. The molecule has 4 aliphatic carbocycles. The number of hydrogen-bond acceptors (Lipinski definition) is 2. The Morgan fingerprint density at radius 3 is 2.06 bits per heavy atom. The lowest BCUT2D eigenvalue weighted by Gasteiger charge is -2.58. The minimum absolute atomic E-state index is 0.250. The van der Waals surface area contributed by atoms with Gasteiger partial charge < -0.3 is 5.11 Å². The van der Waals surface area contributed by atoms with Crippen LogP contribution in [-0.4, -0.2) is 22.7 Å².